The van der Waals surface area contributed by atoms with Gasteiger partial charge in [-0.3, -0.25) is 9.69 Å². The molecule has 2 fully saturated rings. The van der Waals surface area contributed by atoms with Gasteiger partial charge in [-0.25, -0.2) is 4.98 Å². The van der Waals surface area contributed by atoms with E-state index in [1.807, 2.05) is 12.5 Å². The van der Waals surface area contributed by atoms with Crippen molar-refractivity contribution in [2.75, 3.05) is 32.7 Å². The molecule has 2 atom stereocenters. The Bertz CT molecular complexity index is 427. The summed E-state index contributed by atoms with van der Waals surface area (Å²) in [6.45, 7) is 4.41. The first-order chi connectivity index (χ1) is 9.83. The molecule has 0 radical (unpaired) electrons. The molecule has 0 bridgehead atoms. The lowest BCUT2D eigenvalue weighted by atomic mass is 10.1. The van der Waals surface area contributed by atoms with Crippen molar-refractivity contribution in [3.05, 3.63) is 18.7 Å². The van der Waals surface area contributed by atoms with Gasteiger partial charge in [0.15, 0.2) is 0 Å². The number of imidazole rings is 1. The number of nitrogens with zero attached hydrogens (tertiary/aromatic N) is 3. The van der Waals surface area contributed by atoms with E-state index in [1.54, 1.807) is 6.20 Å². The van der Waals surface area contributed by atoms with Gasteiger partial charge in [0.1, 0.15) is 0 Å². The van der Waals surface area contributed by atoms with Crippen molar-refractivity contribution in [2.24, 2.45) is 0 Å². The second kappa shape index (κ2) is 6.37. The zero-order valence-corrected chi connectivity index (χ0v) is 11.8. The first kappa shape index (κ1) is 13.6. The molecule has 2 aliphatic rings. The van der Waals surface area contributed by atoms with E-state index in [0.717, 1.165) is 39.0 Å². The Labute approximate surface area is 119 Å². The predicted octanol–water partition coefficient (Wildman–Crippen LogP) is -0.00190. The van der Waals surface area contributed by atoms with Crippen LogP contribution >= 0.6 is 0 Å². The number of carbonyl (C=O) groups is 1. The average Bonchev–Trinajstić information content (AvgIpc) is 3.10. The maximum Gasteiger partial charge on any atom is 0.234 e. The molecule has 1 aromatic rings. The molecule has 3 rings (SSSR count). The highest BCUT2D eigenvalue weighted by Gasteiger charge is 2.29. The molecule has 0 aromatic carbocycles. The molecule has 2 heterocycles. The standard InChI is InChI=1S/C14H23N5O/c20-14(10-18-7-4-15-5-8-18)17-12-2-1-3-13(12)19-9-6-16-11-19/h6,9,11-13,15H,1-5,7-8,10H2,(H,17,20). The van der Waals surface area contributed by atoms with Crippen LogP contribution in [0.3, 0.4) is 0 Å². The zero-order chi connectivity index (χ0) is 13.8. The van der Waals surface area contributed by atoms with Crippen LogP contribution in [0.2, 0.25) is 0 Å². The molecule has 2 unspecified atom stereocenters. The van der Waals surface area contributed by atoms with E-state index in [2.05, 4.69) is 25.1 Å². The fourth-order valence-corrected chi connectivity index (χ4v) is 3.26. The van der Waals surface area contributed by atoms with E-state index in [0.29, 0.717) is 12.6 Å². The molecule has 1 saturated carbocycles. The lowest BCUT2D eigenvalue weighted by molar-refractivity contribution is -0.123. The molecule has 6 heteroatoms. The molecule has 1 aliphatic carbocycles. The van der Waals surface area contributed by atoms with Crippen LogP contribution in [0.1, 0.15) is 25.3 Å². The Morgan fingerprint density at radius 1 is 1.35 bits per heavy atom. The average molecular weight is 277 g/mol. The summed E-state index contributed by atoms with van der Waals surface area (Å²) in [5.41, 5.74) is 0. The van der Waals surface area contributed by atoms with Crippen molar-refractivity contribution in [1.82, 2.24) is 25.1 Å². The number of piperazine rings is 1. The van der Waals surface area contributed by atoms with Gasteiger partial charge >= 0.3 is 0 Å². The highest BCUT2D eigenvalue weighted by atomic mass is 16.2. The Morgan fingerprint density at radius 3 is 2.95 bits per heavy atom. The minimum atomic E-state index is 0.156. The van der Waals surface area contributed by atoms with Crippen LogP contribution in [0.25, 0.3) is 0 Å². The largest absolute Gasteiger partial charge is 0.350 e. The third kappa shape index (κ3) is 3.19. The monoisotopic (exact) mass is 277 g/mol. The van der Waals surface area contributed by atoms with E-state index in [4.69, 9.17) is 0 Å². The molecule has 6 nitrogen and oxygen atoms in total. The zero-order valence-electron chi connectivity index (χ0n) is 11.8. The lowest BCUT2D eigenvalue weighted by Crippen LogP contribution is -2.49. The van der Waals surface area contributed by atoms with Gasteiger partial charge in [-0.2, -0.15) is 0 Å². The van der Waals surface area contributed by atoms with E-state index in [-0.39, 0.29) is 11.9 Å². The Kier molecular flexibility index (Phi) is 4.32. The third-order valence-electron chi connectivity index (χ3n) is 4.31. The summed E-state index contributed by atoms with van der Waals surface area (Å²) in [6, 6.07) is 0.615. The normalized spacial score (nSPS) is 27.6. The van der Waals surface area contributed by atoms with Crippen molar-refractivity contribution in [3.63, 3.8) is 0 Å². The van der Waals surface area contributed by atoms with Crippen molar-refractivity contribution in [2.45, 2.75) is 31.3 Å². The SMILES string of the molecule is O=C(CN1CCNCC1)NC1CCCC1n1ccnc1. The van der Waals surface area contributed by atoms with Gasteiger partial charge in [0.05, 0.1) is 18.9 Å². The van der Waals surface area contributed by atoms with Crippen LogP contribution in [0.4, 0.5) is 0 Å². The summed E-state index contributed by atoms with van der Waals surface area (Å²) in [7, 11) is 0. The topological polar surface area (TPSA) is 62.2 Å². The van der Waals surface area contributed by atoms with E-state index >= 15 is 0 Å². The first-order valence-electron chi connectivity index (χ1n) is 7.53. The predicted molar refractivity (Wildman–Crippen MR) is 76.4 cm³/mol. The summed E-state index contributed by atoms with van der Waals surface area (Å²) in [5, 5.41) is 6.52. The number of hydrogen-bond acceptors (Lipinski definition) is 4. The quantitative estimate of drug-likeness (QED) is 0.813. The van der Waals surface area contributed by atoms with Crippen LogP contribution in [-0.4, -0.2) is 59.1 Å². The van der Waals surface area contributed by atoms with E-state index in [1.165, 1.54) is 6.42 Å². The van der Waals surface area contributed by atoms with Gasteiger partial charge in [0.25, 0.3) is 0 Å². The summed E-state index contributed by atoms with van der Waals surface area (Å²) in [5.74, 6) is 0.156. The van der Waals surface area contributed by atoms with Gasteiger partial charge < -0.3 is 15.2 Å². The molecular weight excluding hydrogens is 254 g/mol. The molecule has 1 amide bonds. The second-order valence-corrected chi connectivity index (χ2v) is 5.71. The second-order valence-electron chi connectivity index (χ2n) is 5.71. The molecular formula is C14H23N5O. The van der Waals surface area contributed by atoms with Crippen molar-refractivity contribution < 1.29 is 4.79 Å². The highest BCUT2D eigenvalue weighted by molar-refractivity contribution is 5.78. The first-order valence-corrected chi connectivity index (χ1v) is 7.53. The van der Waals surface area contributed by atoms with Crippen molar-refractivity contribution in [3.8, 4) is 0 Å². The summed E-state index contributed by atoms with van der Waals surface area (Å²) in [6.07, 6.45) is 9.00. The summed E-state index contributed by atoms with van der Waals surface area (Å²) < 4.78 is 2.13. The van der Waals surface area contributed by atoms with E-state index < -0.39 is 0 Å². The summed E-state index contributed by atoms with van der Waals surface area (Å²) >= 11 is 0. The Hall–Kier alpha value is -1.40. The maximum atomic E-state index is 12.2. The third-order valence-corrected chi connectivity index (χ3v) is 4.31. The highest BCUT2D eigenvalue weighted by Crippen LogP contribution is 2.29. The number of nitrogens with one attached hydrogen (secondary N) is 2. The minimum Gasteiger partial charge on any atom is -0.350 e. The van der Waals surface area contributed by atoms with Crippen LogP contribution < -0.4 is 10.6 Å². The van der Waals surface area contributed by atoms with Crippen molar-refractivity contribution in [1.29, 1.82) is 0 Å². The minimum absolute atomic E-state index is 0.156. The van der Waals surface area contributed by atoms with Crippen molar-refractivity contribution >= 4 is 5.91 Å². The van der Waals surface area contributed by atoms with Gasteiger partial charge in [-0.05, 0) is 19.3 Å². The Morgan fingerprint density at radius 2 is 2.20 bits per heavy atom. The fraction of sp³-hybridized carbons (Fsp3) is 0.714. The van der Waals surface area contributed by atoms with Gasteiger partial charge in [0.2, 0.25) is 5.91 Å². The maximum absolute atomic E-state index is 12.2. The Balaban J connectivity index is 1.52. The molecule has 110 valence electrons. The van der Waals surface area contributed by atoms with Crippen LogP contribution in [0.5, 0.6) is 0 Å². The molecule has 1 aromatic heterocycles. The van der Waals surface area contributed by atoms with E-state index in [9.17, 15) is 4.79 Å². The molecule has 2 N–H and O–H groups in total. The van der Waals surface area contributed by atoms with Gasteiger partial charge in [0, 0.05) is 44.6 Å². The molecule has 1 saturated heterocycles. The summed E-state index contributed by atoms with van der Waals surface area (Å²) in [4.78, 5) is 18.5. The van der Waals surface area contributed by atoms with Gasteiger partial charge in [-0.1, -0.05) is 0 Å². The number of rotatable bonds is 4. The fourth-order valence-electron chi connectivity index (χ4n) is 3.26. The smallest absolute Gasteiger partial charge is 0.234 e. The number of carbonyl (C=O) groups excluding carboxylic acids is 1. The number of hydrogen-bond donors (Lipinski definition) is 2. The van der Waals surface area contributed by atoms with Crippen LogP contribution in [0.15, 0.2) is 18.7 Å². The van der Waals surface area contributed by atoms with Crippen LogP contribution in [0, 0.1) is 0 Å². The molecule has 0 spiro atoms. The number of aromatic nitrogens is 2. The van der Waals surface area contributed by atoms with Gasteiger partial charge in [-0.15, -0.1) is 0 Å². The lowest BCUT2D eigenvalue weighted by Gasteiger charge is -2.28. The van der Waals surface area contributed by atoms with Crippen LogP contribution in [-0.2, 0) is 4.79 Å². The molecule has 1 aliphatic heterocycles. The molecule has 20 heavy (non-hydrogen) atoms. The number of amides is 1.